The van der Waals surface area contributed by atoms with E-state index in [1.807, 2.05) is 91.0 Å². The minimum Gasteiger partial charge on any atom is -0.456 e. The number of fused-ring (bicyclic) bond motifs is 4. The van der Waals surface area contributed by atoms with E-state index < -0.39 is 0 Å². The average molecular weight is 609 g/mol. The fourth-order valence-electron chi connectivity index (χ4n) is 5.93. The van der Waals surface area contributed by atoms with Crippen LogP contribution >= 0.6 is 11.3 Å². The Balaban J connectivity index is 1.29. The Morgan fingerprint density at radius 3 is 1.80 bits per heavy atom. The number of benzene rings is 6. The van der Waals surface area contributed by atoms with Crippen LogP contribution in [-0.2, 0) is 0 Å². The van der Waals surface area contributed by atoms with E-state index in [9.17, 15) is 0 Å². The van der Waals surface area contributed by atoms with E-state index in [2.05, 4.69) is 54.6 Å². The molecular formula is C40H24N4OS. The SMILES string of the molecule is c1ccc(-c2nc(-c3ccccc3)nc(-c3cc(-c4nc5ccccc5s4)ccc3-c3ccc4c(c3)oc3ccccc34)n2)cc1. The summed E-state index contributed by atoms with van der Waals surface area (Å²) < 4.78 is 7.44. The fourth-order valence-corrected chi connectivity index (χ4v) is 6.89. The zero-order chi connectivity index (χ0) is 30.5. The second-order valence-corrected chi connectivity index (χ2v) is 12.1. The van der Waals surface area contributed by atoms with E-state index >= 15 is 0 Å². The lowest BCUT2D eigenvalue weighted by molar-refractivity contribution is 0.669. The highest BCUT2D eigenvalue weighted by atomic mass is 32.1. The Morgan fingerprint density at radius 2 is 1.04 bits per heavy atom. The molecule has 0 fully saturated rings. The van der Waals surface area contributed by atoms with Crippen LogP contribution in [0.25, 0.3) is 88.0 Å². The lowest BCUT2D eigenvalue weighted by atomic mass is 9.96. The molecule has 0 amide bonds. The van der Waals surface area contributed by atoms with Gasteiger partial charge in [0, 0.05) is 33.0 Å². The molecule has 9 rings (SSSR count). The van der Waals surface area contributed by atoms with Gasteiger partial charge in [-0.1, -0.05) is 109 Å². The van der Waals surface area contributed by atoms with Gasteiger partial charge in [-0.3, -0.25) is 0 Å². The zero-order valence-electron chi connectivity index (χ0n) is 24.5. The number of para-hydroxylation sites is 2. The maximum absolute atomic E-state index is 6.29. The van der Waals surface area contributed by atoms with Crippen LogP contribution in [0.3, 0.4) is 0 Å². The number of aromatic nitrogens is 4. The largest absolute Gasteiger partial charge is 0.456 e. The van der Waals surface area contributed by atoms with Gasteiger partial charge < -0.3 is 4.42 Å². The molecule has 0 atom stereocenters. The van der Waals surface area contributed by atoms with Crippen LogP contribution in [0.4, 0.5) is 0 Å². The Labute approximate surface area is 268 Å². The average Bonchev–Trinajstić information content (AvgIpc) is 3.73. The Hall–Kier alpha value is -5.98. The number of rotatable bonds is 5. The monoisotopic (exact) mass is 608 g/mol. The van der Waals surface area contributed by atoms with E-state index in [1.54, 1.807) is 11.3 Å². The summed E-state index contributed by atoms with van der Waals surface area (Å²) >= 11 is 1.68. The highest BCUT2D eigenvalue weighted by Gasteiger charge is 2.19. The molecule has 0 aliphatic carbocycles. The lowest BCUT2D eigenvalue weighted by Crippen LogP contribution is -2.01. The van der Waals surface area contributed by atoms with Gasteiger partial charge in [-0.25, -0.2) is 19.9 Å². The number of hydrogen-bond acceptors (Lipinski definition) is 6. The summed E-state index contributed by atoms with van der Waals surface area (Å²) in [4.78, 5) is 20.1. The van der Waals surface area contributed by atoms with E-state index in [1.165, 1.54) is 0 Å². The molecule has 0 saturated heterocycles. The topological polar surface area (TPSA) is 64.7 Å². The predicted molar refractivity (Wildman–Crippen MR) is 187 cm³/mol. The van der Waals surface area contributed by atoms with Crippen molar-refractivity contribution >= 4 is 43.5 Å². The third-order valence-corrected chi connectivity index (χ3v) is 9.28. The summed E-state index contributed by atoms with van der Waals surface area (Å²) in [6.07, 6.45) is 0. The summed E-state index contributed by atoms with van der Waals surface area (Å²) in [7, 11) is 0. The Kier molecular flexibility index (Phi) is 6.25. The van der Waals surface area contributed by atoms with Gasteiger partial charge in [-0.2, -0.15) is 0 Å². The van der Waals surface area contributed by atoms with Gasteiger partial charge in [0.15, 0.2) is 17.5 Å². The Bertz CT molecular complexity index is 2450. The maximum atomic E-state index is 6.29. The summed E-state index contributed by atoms with van der Waals surface area (Å²) in [5.41, 5.74) is 8.46. The fraction of sp³-hybridized carbons (Fsp3) is 0. The van der Waals surface area contributed by atoms with Crippen LogP contribution in [0.2, 0.25) is 0 Å². The van der Waals surface area contributed by atoms with E-state index in [0.717, 1.165) is 70.5 Å². The summed E-state index contributed by atoms with van der Waals surface area (Å²) in [6.45, 7) is 0. The molecule has 0 bridgehead atoms. The Morgan fingerprint density at radius 1 is 0.413 bits per heavy atom. The quantitative estimate of drug-likeness (QED) is 0.194. The molecule has 6 heteroatoms. The molecule has 6 aromatic carbocycles. The highest BCUT2D eigenvalue weighted by molar-refractivity contribution is 7.21. The standard InChI is InChI=1S/C40H24N4OS/c1-3-11-25(12-4-1)37-42-38(26-13-5-2-6-14-26)44-39(43-37)32-23-28(40-41-33-16-8-10-18-36(33)46-40)20-21-29(32)27-19-22-31-30-15-7-9-17-34(30)45-35(31)24-27/h1-24H. The van der Waals surface area contributed by atoms with Gasteiger partial charge in [0.05, 0.1) is 10.2 Å². The molecule has 0 unspecified atom stereocenters. The molecule has 3 aromatic heterocycles. The summed E-state index contributed by atoms with van der Waals surface area (Å²) in [6, 6.07) is 49.4. The van der Waals surface area contributed by atoms with Gasteiger partial charge in [0.2, 0.25) is 0 Å². The van der Waals surface area contributed by atoms with E-state index in [0.29, 0.717) is 17.5 Å². The van der Waals surface area contributed by atoms with Gasteiger partial charge >= 0.3 is 0 Å². The molecule has 0 spiro atoms. The van der Waals surface area contributed by atoms with E-state index in [-0.39, 0.29) is 0 Å². The highest BCUT2D eigenvalue weighted by Crippen LogP contribution is 2.40. The molecule has 3 heterocycles. The van der Waals surface area contributed by atoms with Gasteiger partial charge in [0.25, 0.3) is 0 Å². The first kappa shape index (κ1) is 26.4. The van der Waals surface area contributed by atoms with Crippen molar-refractivity contribution in [1.82, 2.24) is 19.9 Å². The second kappa shape index (κ2) is 10.9. The molecule has 216 valence electrons. The van der Waals surface area contributed by atoms with Gasteiger partial charge in [-0.15, -0.1) is 11.3 Å². The molecular weight excluding hydrogens is 585 g/mol. The number of hydrogen-bond donors (Lipinski definition) is 0. The minimum absolute atomic E-state index is 0.593. The van der Waals surface area contributed by atoms with Crippen molar-refractivity contribution in [2.75, 3.05) is 0 Å². The number of furan rings is 1. The molecule has 0 saturated carbocycles. The van der Waals surface area contributed by atoms with Gasteiger partial charge in [-0.05, 0) is 47.5 Å². The van der Waals surface area contributed by atoms with Crippen LogP contribution in [0.1, 0.15) is 0 Å². The van der Waals surface area contributed by atoms with Crippen molar-refractivity contribution in [2.24, 2.45) is 0 Å². The van der Waals surface area contributed by atoms with Crippen LogP contribution < -0.4 is 0 Å². The summed E-state index contributed by atoms with van der Waals surface area (Å²) in [5, 5.41) is 3.14. The third-order valence-electron chi connectivity index (χ3n) is 8.19. The van der Waals surface area contributed by atoms with Crippen molar-refractivity contribution in [2.45, 2.75) is 0 Å². The molecule has 9 aromatic rings. The van der Waals surface area contributed by atoms with Gasteiger partial charge in [0.1, 0.15) is 16.2 Å². The van der Waals surface area contributed by atoms with Crippen molar-refractivity contribution < 1.29 is 4.42 Å². The molecule has 0 aliphatic heterocycles. The van der Waals surface area contributed by atoms with Crippen LogP contribution in [0.15, 0.2) is 150 Å². The third kappa shape index (κ3) is 4.64. The molecule has 5 nitrogen and oxygen atoms in total. The number of thiazole rings is 1. The van der Waals surface area contributed by atoms with Crippen LogP contribution in [-0.4, -0.2) is 19.9 Å². The first-order chi connectivity index (χ1) is 22.8. The lowest BCUT2D eigenvalue weighted by Gasteiger charge is -2.13. The first-order valence-electron chi connectivity index (χ1n) is 15.1. The molecule has 0 aliphatic rings. The van der Waals surface area contributed by atoms with Crippen molar-refractivity contribution in [3.63, 3.8) is 0 Å². The smallest absolute Gasteiger partial charge is 0.164 e. The zero-order valence-corrected chi connectivity index (χ0v) is 25.3. The normalized spacial score (nSPS) is 11.5. The van der Waals surface area contributed by atoms with Crippen molar-refractivity contribution in [1.29, 1.82) is 0 Å². The molecule has 46 heavy (non-hydrogen) atoms. The van der Waals surface area contributed by atoms with Crippen molar-refractivity contribution in [3.05, 3.63) is 146 Å². The van der Waals surface area contributed by atoms with E-state index in [4.69, 9.17) is 24.4 Å². The van der Waals surface area contributed by atoms with Crippen molar-refractivity contribution in [3.8, 4) is 55.9 Å². The van der Waals surface area contributed by atoms with Crippen LogP contribution in [0, 0.1) is 0 Å². The minimum atomic E-state index is 0.593. The van der Waals surface area contributed by atoms with Crippen LogP contribution in [0.5, 0.6) is 0 Å². The maximum Gasteiger partial charge on any atom is 0.164 e. The second-order valence-electron chi connectivity index (χ2n) is 11.1. The summed E-state index contributed by atoms with van der Waals surface area (Å²) in [5.74, 6) is 1.83. The molecule has 0 N–H and O–H groups in total. The predicted octanol–water partition coefficient (Wildman–Crippen LogP) is 10.7. The first-order valence-corrected chi connectivity index (χ1v) is 15.9. The number of nitrogens with zero attached hydrogens (tertiary/aromatic N) is 4. The molecule has 0 radical (unpaired) electrons.